The Morgan fingerprint density at radius 2 is 2.55 bits per heavy atom. The van der Waals surface area contributed by atoms with Crippen LogP contribution < -0.4 is 5.43 Å². The van der Waals surface area contributed by atoms with Crippen molar-refractivity contribution >= 4 is 23.1 Å². The molecule has 0 radical (unpaired) electrons. The van der Waals surface area contributed by atoms with Gasteiger partial charge in [-0.3, -0.25) is 0 Å². The van der Waals surface area contributed by atoms with Crippen LogP contribution in [0.3, 0.4) is 0 Å². The normalized spacial score (nSPS) is 15.8. The van der Waals surface area contributed by atoms with Crippen molar-refractivity contribution in [2.24, 2.45) is 5.10 Å². The molecule has 1 aromatic rings. The fourth-order valence-corrected chi connectivity index (χ4v) is 1.56. The summed E-state index contributed by atoms with van der Waals surface area (Å²) in [6.07, 6.45) is 5.54. The Morgan fingerprint density at radius 1 is 1.55 bits per heavy atom. The van der Waals surface area contributed by atoms with Crippen molar-refractivity contribution in [3.63, 3.8) is 0 Å². The zero-order chi connectivity index (χ0) is 7.52. The van der Waals surface area contributed by atoms with Crippen molar-refractivity contribution < 1.29 is 0 Å². The third-order valence-corrected chi connectivity index (χ3v) is 2.27. The molecule has 56 valence electrons. The van der Waals surface area contributed by atoms with E-state index in [1.54, 1.807) is 17.6 Å². The molecule has 1 aromatic heterocycles. The lowest BCUT2D eigenvalue weighted by Gasteiger charge is -2.05. The lowest BCUT2D eigenvalue weighted by Crippen LogP contribution is -2.13. The van der Waals surface area contributed by atoms with Gasteiger partial charge in [0.25, 0.3) is 0 Å². The van der Waals surface area contributed by atoms with Crippen molar-refractivity contribution in [1.82, 2.24) is 10.4 Å². The highest BCUT2D eigenvalue weighted by Gasteiger charge is 2.04. The van der Waals surface area contributed by atoms with Crippen LogP contribution in [0.4, 0.5) is 0 Å². The quantitative estimate of drug-likeness (QED) is 0.677. The Balaban J connectivity index is 2.29. The topological polar surface area (TPSA) is 37.3 Å². The van der Waals surface area contributed by atoms with Gasteiger partial charge in [0.1, 0.15) is 5.01 Å². The number of nitrogens with zero attached hydrogens (tertiary/aromatic N) is 2. The van der Waals surface area contributed by atoms with Crippen LogP contribution in [-0.4, -0.2) is 17.7 Å². The summed E-state index contributed by atoms with van der Waals surface area (Å²) >= 11 is 1.65. The van der Waals surface area contributed by atoms with Crippen LogP contribution in [0.5, 0.6) is 0 Å². The first-order chi connectivity index (χ1) is 5.47. The maximum absolute atomic E-state index is 4.19. The van der Waals surface area contributed by atoms with Gasteiger partial charge in [0.15, 0.2) is 0 Å². The number of thiazole rings is 1. The second kappa shape index (κ2) is 2.84. The summed E-state index contributed by atoms with van der Waals surface area (Å²) in [6, 6.07) is 0. The molecule has 0 unspecified atom stereocenters. The number of hydrogen-bond acceptors (Lipinski definition) is 4. The van der Waals surface area contributed by atoms with Crippen molar-refractivity contribution in [1.29, 1.82) is 0 Å². The average Bonchev–Trinajstić information content (AvgIpc) is 2.58. The molecule has 0 fully saturated rings. The van der Waals surface area contributed by atoms with Crippen molar-refractivity contribution in [2.75, 3.05) is 6.54 Å². The number of nitrogens with one attached hydrogen (secondary N) is 1. The van der Waals surface area contributed by atoms with Gasteiger partial charge in [-0.25, -0.2) is 4.98 Å². The second-order valence-corrected chi connectivity index (χ2v) is 3.04. The highest BCUT2D eigenvalue weighted by Crippen LogP contribution is 2.16. The maximum Gasteiger partial charge on any atom is 0.121 e. The van der Waals surface area contributed by atoms with E-state index in [2.05, 4.69) is 15.5 Å². The minimum Gasteiger partial charge on any atom is -0.306 e. The molecular formula is C7H7N3S. The summed E-state index contributed by atoms with van der Waals surface area (Å²) in [7, 11) is 0. The summed E-state index contributed by atoms with van der Waals surface area (Å²) in [6.45, 7) is 0.782. The molecule has 0 amide bonds. The van der Waals surface area contributed by atoms with E-state index in [0.29, 0.717) is 0 Å². The molecule has 0 aliphatic carbocycles. The largest absolute Gasteiger partial charge is 0.306 e. The fraction of sp³-hybridized carbons (Fsp3) is 0.143. The third kappa shape index (κ3) is 1.30. The molecule has 0 aromatic carbocycles. The summed E-state index contributed by atoms with van der Waals surface area (Å²) in [4.78, 5) is 4.19. The van der Waals surface area contributed by atoms with Gasteiger partial charge in [0.2, 0.25) is 0 Å². The molecule has 0 bridgehead atoms. The number of hydrazone groups is 1. The molecule has 11 heavy (non-hydrogen) atoms. The Kier molecular flexibility index (Phi) is 1.69. The van der Waals surface area contributed by atoms with Gasteiger partial charge in [-0.05, 0) is 6.08 Å². The molecule has 1 aliphatic rings. The maximum atomic E-state index is 4.19. The van der Waals surface area contributed by atoms with E-state index in [1.807, 2.05) is 17.7 Å². The first kappa shape index (κ1) is 6.54. The Labute approximate surface area is 68.5 Å². The standard InChI is InChI=1S/C7H7N3S/c1-2-9-10-5-6(1)7-8-3-4-11-7/h1-4,10H,5H2. The van der Waals surface area contributed by atoms with Crippen LogP contribution in [0.2, 0.25) is 0 Å². The lowest BCUT2D eigenvalue weighted by molar-refractivity contribution is 0.833. The van der Waals surface area contributed by atoms with Crippen molar-refractivity contribution in [2.45, 2.75) is 0 Å². The van der Waals surface area contributed by atoms with E-state index in [0.717, 1.165) is 11.6 Å². The minimum absolute atomic E-state index is 0.782. The molecule has 0 saturated heterocycles. The molecule has 2 heterocycles. The predicted octanol–water partition coefficient (Wildman–Crippen LogP) is 1.12. The Morgan fingerprint density at radius 3 is 3.18 bits per heavy atom. The number of rotatable bonds is 1. The Hall–Kier alpha value is -1.16. The molecule has 0 atom stereocenters. The molecule has 2 rings (SSSR count). The van der Waals surface area contributed by atoms with Gasteiger partial charge in [-0.1, -0.05) is 0 Å². The van der Waals surface area contributed by atoms with E-state index in [-0.39, 0.29) is 0 Å². The Bertz CT molecular complexity index is 287. The van der Waals surface area contributed by atoms with Gasteiger partial charge in [0.05, 0.1) is 6.54 Å². The lowest BCUT2D eigenvalue weighted by atomic mass is 10.2. The smallest absolute Gasteiger partial charge is 0.121 e. The summed E-state index contributed by atoms with van der Waals surface area (Å²) in [5, 5.41) is 6.91. The van der Waals surface area contributed by atoms with E-state index in [4.69, 9.17) is 0 Å². The first-order valence-electron chi connectivity index (χ1n) is 3.32. The molecule has 1 N–H and O–H groups in total. The first-order valence-corrected chi connectivity index (χ1v) is 4.20. The zero-order valence-electron chi connectivity index (χ0n) is 5.82. The molecule has 0 saturated carbocycles. The van der Waals surface area contributed by atoms with Gasteiger partial charge in [0, 0.05) is 23.4 Å². The molecule has 4 heteroatoms. The van der Waals surface area contributed by atoms with Crippen LogP contribution in [0.15, 0.2) is 22.8 Å². The van der Waals surface area contributed by atoms with E-state index >= 15 is 0 Å². The SMILES string of the molecule is C1=NNCC(c2nccs2)=C1. The zero-order valence-corrected chi connectivity index (χ0v) is 6.64. The molecule has 3 nitrogen and oxygen atoms in total. The summed E-state index contributed by atoms with van der Waals surface area (Å²) in [5.74, 6) is 0. The van der Waals surface area contributed by atoms with Gasteiger partial charge >= 0.3 is 0 Å². The van der Waals surface area contributed by atoms with Gasteiger partial charge < -0.3 is 5.43 Å². The van der Waals surface area contributed by atoms with E-state index in [9.17, 15) is 0 Å². The predicted molar refractivity (Wildman–Crippen MR) is 46.6 cm³/mol. The van der Waals surface area contributed by atoms with Crippen molar-refractivity contribution in [3.8, 4) is 0 Å². The van der Waals surface area contributed by atoms with Crippen molar-refractivity contribution in [3.05, 3.63) is 22.7 Å². The third-order valence-electron chi connectivity index (χ3n) is 1.42. The number of aromatic nitrogens is 1. The summed E-state index contributed by atoms with van der Waals surface area (Å²) < 4.78 is 0. The van der Waals surface area contributed by atoms with Crippen LogP contribution in [0.1, 0.15) is 5.01 Å². The minimum atomic E-state index is 0.782. The average molecular weight is 165 g/mol. The van der Waals surface area contributed by atoms with E-state index in [1.165, 1.54) is 5.57 Å². The fourth-order valence-electron chi connectivity index (χ4n) is 0.899. The number of allylic oxidation sites excluding steroid dienone is 1. The van der Waals surface area contributed by atoms with Gasteiger partial charge in [-0.2, -0.15) is 5.10 Å². The van der Waals surface area contributed by atoms with Crippen LogP contribution in [-0.2, 0) is 0 Å². The van der Waals surface area contributed by atoms with Crippen LogP contribution >= 0.6 is 11.3 Å². The molecule has 0 spiro atoms. The van der Waals surface area contributed by atoms with E-state index < -0.39 is 0 Å². The second-order valence-electron chi connectivity index (χ2n) is 2.14. The summed E-state index contributed by atoms with van der Waals surface area (Å²) in [5.41, 5.74) is 4.09. The van der Waals surface area contributed by atoms with Crippen LogP contribution in [0, 0.1) is 0 Å². The highest BCUT2D eigenvalue weighted by atomic mass is 32.1. The number of hydrogen-bond donors (Lipinski definition) is 1. The van der Waals surface area contributed by atoms with Crippen LogP contribution in [0.25, 0.3) is 5.57 Å². The molecular weight excluding hydrogens is 158 g/mol. The van der Waals surface area contributed by atoms with Gasteiger partial charge in [-0.15, -0.1) is 11.3 Å². The molecule has 1 aliphatic heterocycles. The monoisotopic (exact) mass is 165 g/mol. The highest BCUT2D eigenvalue weighted by molar-refractivity contribution is 7.10.